The molecule has 0 spiro atoms. The molecule has 2 rings (SSSR count). The smallest absolute Gasteiger partial charge is 0.267 e. The Kier molecular flexibility index (Phi) is 3.72. The van der Waals surface area contributed by atoms with Crippen molar-refractivity contribution >= 4 is 31.6 Å². The third kappa shape index (κ3) is 3.02. The van der Waals surface area contributed by atoms with Gasteiger partial charge in [-0.1, -0.05) is 15.9 Å². The summed E-state index contributed by atoms with van der Waals surface area (Å²) in [6.07, 6.45) is 2.35. The topological polar surface area (TPSA) is 79.0 Å². The van der Waals surface area contributed by atoms with Crippen molar-refractivity contribution in [1.82, 2.24) is 4.98 Å². The lowest BCUT2D eigenvalue weighted by Gasteiger charge is -2.08. The number of halogens is 2. The number of hydrogen-bond acceptors (Lipinski definition) is 3. The SMILES string of the molecule is O=c1cc[nH]cc1S(=O)(=O)Nc1cc(Br)ccc1F. The number of nitrogens with one attached hydrogen (secondary N) is 2. The van der Waals surface area contributed by atoms with Crippen LogP contribution in [-0.2, 0) is 10.0 Å². The summed E-state index contributed by atoms with van der Waals surface area (Å²) in [7, 11) is -4.14. The van der Waals surface area contributed by atoms with Crippen LogP contribution in [0.5, 0.6) is 0 Å². The van der Waals surface area contributed by atoms with Crippen LogP contribution in [-0.4, -0.2) is 13.4 Å². The van der Waals surface area contributed by atoms with Crippen molar-refractivity contribution in [2.75, 3.05) is 4.72 Å². The van der Waals surface area contributed by atoms with Crippen LogP contribution in [0.3, 0.4) is 0 Å². The van der Waals surface area contributed by atoms with E-state index in [9.17, 15) is 17.6 Å². The van der Waals surface area contributed by atoms with Gasteiger partial charge in [0.2, 0.25) is 5.43 Å². The van der Waals surface area contributed by atoms with Crippen LogP contribution in [0.15, 0.2) is 50.8 Å². The number of anilines is 1. The normalized spacial score (nSPS) is 11.3. The fraction of sp³-hybridized carbons (Fsp3) is 0. The van der Waals surface area contributed by atoms with Gasteiger partial charge in [0.25, 0.3) is 10.0 Å². The summed E-state index contributed by atoms with van der Waals surface area (Å²) in [4.78, 5) is 13.5. The van der Waals surface area contributed by atoms with E-state index < -0.39 is 26.2 Å². The highest BCUT2D eigenvalue weighted by Gasteiger charge is 2.19. The summed E-state index contributed by atoms with van der Waals surface area (Å²) in [6, 6.07) is 4.88. The van der Waals surface area contributed by atoms with Crippen LogP contribution in [0.25, 0.3) is 0 Å². The van der Waals surface area contributed by atoms with E-state index in [1.165, 1.54) is 18.3 Å². The molecule has 0 atom stereocenters. The van der Waals surface area contributed by atoms with Gasteiger partial charge in [0.15, 0.2) is 4.90 Å². The van der Waals surface area contributed by atoms with Gasteiger partial charge in [0.1, 0.15) is 5.82 Å². The highest BCUT2D eigenvalue weighted by molar-refractivity contribution is 9.10. The van der Waals surface area contributed by atoms with Crippen molar-refractivity contribution in [1.29, 1.82) is 0 Å². The van der Waals surface area contributed by atoms with Gasteiger partial charge >= 0.3 is 0 Å². The minimum absolute atomic E-state index is 0.238. The van der Waals surface area contributed by atoms with Crippen LogP contribution < -0.4 is 10.2 Å². The van der Waals surface area contributed by atoms with E-state index in [1.54, 1.807) is 0 Å². The van der Waals surface area contributed by atoms with Crippen molar-refractivity contribution in [2.24, 2.45) is 0 Å². The molecule has 0 aliphatic carbocycles. The van der Waals surface area contributed by atoms with E-state index in [-0.39, 0.29) is 5.69 Å². The average molecular weight is 347 g/mol. The Labute approximate surface area is 116 Å². The summed E-state index contributed by atoms with van der Waals surface area (Å²) >= 11 is 3.11. The second-order valence-electron chi connectivity index (χ2n) is 3.60. The molecule has 0 aliphatic heterocycles. The molecular weight excluding hydrogens is 339 g/mol. The summed E-state index contributed by atoms with van der Waals surface area (Å²) in [5.74, 6) is -0.737. The molecule has 0 bridgehead atoms. The van der Waals surface area contributed by atoms with Crippen molar-refractivity contribution in [3.8, 4) is 0 Å². The van der Waals surface area contributed by atoms with Crippen LogP contribution in [0.1, 0.15) is 0 Å². The van der Waals surface area contributed by atoms with Gasteiger partial charge in [-0.05, 0) is 18.2 Å². The molecule has 2 aromatic rings. The number of pyridine rings is 1. The third-order valence-electron chi connectivity index (χ3n) is 2.25. The Hall–Kier alpha value is -1.67. The van der Waals surface area contributed by atoms with Gasteiger partial charge in [0.05, 0.1) is 5.69 Å². The van der Waals surface area contributed by atoms with Gasteiger partial charge < -0.3 is 4.98 Å². The van der Waals surface area contributed by atoms with Gasteiger partial charge in [-0.15, -0.1) is 0 Å². The van der Waals surface area contributed by atoms with Crippen molar-refractivity contribution in [3.05, 3.63) is 57.2 Å². The minimum atomic E-state index is -4.14. The lowest BCUT2D eigenvalue weighted by molar-refractivity contribution is 0.597. The van der Waals surface area contributed by atoms with E-state index in [4.69, 9.17) is 0 Å². The first-order chi connectivity index (χ1) is 8.90. The van der Waals surface area contributed by atoms with Gasteiger partial charge in [0, 0.05) is 22.9 Å². The molecule has 0 amide bonds. The lowest BCUT2D eigenvalue weighted by atomic mass is 10.3. The van der Waals surface area contributed by atoms with Crippen LogP contribution in [0, 0.1) is 5.82 Å². The van der Waals surface area contributed by atoms with Crippen LogP contribution in [0.4, 0.5) is 10.1 Å². The zero-order chi connectivity index (χ0) is 14.0. The second kappa shape index (κ2) is 5.14. The number of H-pyrrole nitrogens is 1. The first-order valence-electron chi connectivity index (χ1n) is 5.05. The Morgan fingerprint density at radius 1 is 1.26 bits per heavy atom. The van der Waals surface area contributed by atoms with Crippen LogP contribution >= 0.6 is 15.9 Å². The monoisotopic (exact) mass is 346 g/mol. The number of hydrogen-bond donors (Lipinski definition) is 2. The van der Waals surface area contributed by atoms with Crippen LogP contribution in [0.2, 0.25) is 0 Å². The lowest BCUT2D eigenvalue weighted by Crippen LogP contribution is -2.21. The molecule has 2 N–H and O–H groups in total. The molecule has 0 aliphatic rings. The van der Waals surface area contributed by atoms with E-state index in [1.807, 2.05) is 4.72 Å². The average Bonchev–Trinajstić information content (AvgIpc) is 2.34. The third-order valence-corrected chi connectivity index (χ3v) is 4.13. The number of aromatic amines is 1. The zero-order valence-corrected chi connectivity index (χ0v) is 11.8. The fourth-order valence-corrected chi connectivity index (χ4v) is 2.86. The summed E-state index contributed by atoms with van der Waals surface area (Å²) in [6.45, 7) is 0. The maximum Gasteiger partial charge on any atom is 0.267 e. The molecule has 0 unspecified atom stereocenters. The molecular formula is C11H8BrFN2O3S. The van der Waals surface area contributed by atoms with Gasteiger partial charge in [-0.25, -0.2) is 12.8 Å². The van der Waals surface area contributed by atoms with Crippen molar-refractivity contribution in [2.45, 2.75) is 4.90 Å². The largest absolute Gasteiger partial charge is 0.366 e. The number of sulfonamides is 1. The second-order valence-corrected chi connectivity index (χ2v) is 6.17. The van der Waals surface area contributed by atoms with Crippen molar-refractivity contribution < 1.29 is 12.8 Å². The predicted molar refractivity (Wildman–Crippen MR) is 72.0 cm³/mol. The molecule has 5 nitrogen and oxygen atoms in total. The number of benzene rings is 1. The molecule has 0 radical (unpaired) electrons. The molecule has 0 saturated heterocycles. The Morgan fingerprint density at radius 3 is 2.68 bits per heavy atom. The molecule has 1 aromatic heterocycles. The summed E-state index contributed by atoms with van der Waals surface area (Å²) < 4.78 is 40.0. The molecule has 1 aromatic carbocycles. The fourth-order valence-electron chi connectivity index (χ4n) is 1.39. The first kappa shape index (κ1) is 13.8. The maximum absolute atomic E-state index is 13.5. The Morgan fingerprint density at radius 2 is 2.00 bits per heavy atom. The standard InChI is InChI=1S/C11H8BrFN2O3S/c12-7-1-2-8(13)9(5-7)15-19(17,18)11-6-14-4-3-10(11)16/h1-6,15H,(H,14,16). The molecule has 19 heavy (non-hydrogen) atoms. The predicted octanol–water partition coefficient (Wildman–Crippen LogP) is 2.08. The van der Waals surface area contributed by atoms with Crippen molar-refractivity contribution in [3.63, 3.8) is 0 Å². The Bertz CT molecular complexity index is 774. The van der Waals surface area contributed by atoms with E-state index >= 15 is 0 Å². The molecule has 0 fully saturated rings. The van der Waals surface area contributed by atoms with Gasteiger partial charge in [-0.2, -0.15) is 0 Å². The van der Waals surface area contributed by atoms with E-state index in [0.717, 1.165) is 18.3 Å². The number of rotatable bonds is 3. The highest BCUT2D eigenvalue weighted by Crippen LogP contribution is 2.22. The summed E-state index contributed by atoms with van der Waals surface area (Å²) in [5.41, 5.74) is -0.917. The first-order valence-corrected chi connectivity index (χ1v) is 7.33. The molecule has 1 heterocycles. The summed E-state index contributed by atoms with van der Waals surface area (Å²) in [5, 5.41) is 0. The molecule has 8 heteroatoms. The molecule has 100 valence electrons. The number of aromatic nitrogens is 1. The quantitative estimate of drug-likeness (QED) is 0.892. The van der Waals surface area contributed by atoms with E-state index in [0.29, 0.717) is 4.47 Å². The highest BCUT2D eigenvalue weighted by atomic mass is 79.9. The maximum atomic E-state index is 13.5. The molecule has 0 saturated carbocycles. The Balaban J connectivity index is 2.45. The van der Waals surface area contributed by atoms with E-state index in [2.05, 4.69) is 20.9 Å². The minimum Gasteiger partial charge on any atom is -0.366 e. The zero-order valence-electron chi connectivity index (χ0n) is 9.35. The van der Waals surface area contributed by atoms with Gasteiger partial charge in [-0.3, -0.25) is 9.52 Å².